The van der Waals surface area contributed by atoms with Gasteiger partial charge in [-0.25, -0.2) is 0 Å². The third-order valence-corrected chi connectivity index (χ3v) is 5.63. The Morgan fingerprint density at radius 2 is 2.04 bits per heavy atom. The second-order valence-electron chi connectivity index (χ2n) is 4.89. The van der Waals surface area contributed by atoms with E-state index in [1.54, 1.807) is 10.9 Å². The lowest BCUT2D eigenvalue weighted by molar-refractivity contribution is -0.115. The van der Waals surface area contributed by atoms with Gasteiger partial charge in [0.2, 0.25) is 11.0 Å². The second-order valence-corrected chi connectivity index (χ2v) is 8.09. The van der Waals surface area contributed by atoms with Crippen LogP contribution in [0.15, 0.2) is 40.2 Å². The van der Waals surface area contributed by atoms with Crippen molar-refractivity contribution in [2.75, 3.05) is 5.32 Å². The van der Waals surface area contributed by atoms with Crippen LogP contribution < -0.4 is 5.32 Å². The molecule has 0 aliphatic carbocycles. The molecule has 124 valence electrons. The quantitative estimate of drug-likeness (QED) is 0.632. The van der Waals surface area contributed by atoms with E-state index in [1.807, 2.05) is 38.2 Å². The summed E-state index contributed by atoms with van der Waals surface area (Å²) in [5.74, 6) is -0.151. The van der Waals surface area contributed by atoms with Gasteiger partial charge in [0.05, 0.1) is 5.25 Å². The topological polar surface area (TPSA) is 85.6 Å². The minimum atomic E-state index is -0.326. The first-order chi connectivity index (χ1) is 11.5. The summed E-state index contributed by atoms with van der Waals surface area (Å²) in [5.41, 5.74) is 0.956. The SMILES string of the molecule is CC(Sc1nncn1C)C(=O)Nc1nnc(-c2ccc(Br)cc2)s1. The Morgan fingerprint density at radius 1 is 1.29 bits per heavy atom. The number of carbonyl (C=O) groups is 1. The maximum Gasteiger partial charge on any atom is 0.239 e. The highest BCUT2D eigenvalue weighted by molar-refractivity contribution is 9.10. The van der Waals surface area contributed by atoms with Gasteiger partial charge in [-0.15, -0.1) is 20.4 Å². The molecular formula is C14H13BrN6OS2. The van der Waals surface area contributed by atoms with Crippen molar-refractivity contribution in [2.45, 2.75) is 17.3 Å². The summed E-state index contributed by atoms with van der Waals surface area (Å²) in [6.07, 6.45) is 1.60. The molecule has 1 unspecified atom stereocenters. The summed E-state index contributed by atoms with van der Waals surface area (Å²) < 4.78 is 2.77. The molecule has 3 aromatic rings. The van der Waals surface area contributed by atoms with Gasteiger partial charge < -0.3 is 4.57 Å². The molecule has 0 saturated heterocycles. The van der Waals surface area contributed by atoms with E-state index in [-0.39, 0.29) is 11.2 Å². The van der Waals surface area contributed by atoms with Gasteiger partial charge >= 0.3 is 0 Å². The first-order valence-electron chi connectivity index (χ1n) is 6.94. The highest BCUT2D eigenvalue weighted by atomic mass is 79.9. The number of hydrogen-bond donors (Lipinski definition) is 1. The normalized spacial score (nSPS) is 12.1. The molecule has 0 radical (unpaired) electrons. The fourth-order valence-corrected chi connectivity index (χ4v) is 3.59. The van der Waals surface area contributed by atoms with E-state index in [0.29, 0.717) is 10.3 Å². The smallest absolute Gasteiger partial charge is 0.239 e. The molecule has 0 saturated carbocycles. The third-order valence-electron chi connectivity index (χ3n) is 3.07. The molecule has 7 nitrogen and oxygen atoms in total. The van der Waals surface area contributed by atoms with E-state index in [2.05, 4.69) is 41.6 Å². The van der Waals surface area contributed by atoms with Gasteiger partial charge in [0, 0.05) is 17.1 Å². The predicted molar refractivity (Wildman–Crippen MR) is 98.0 cm³/mol. The van der Waals surface area contributed by atoms with Crippen molar-refractivity contribution >= 4 is 50.1 Å². The molecule has 0 bridgehead atoms. The maximum atomic E-state index is 12.3. The molecule has 2 aromatic heterocycles. The molecule has 2 heterocycles. The number of rotatable bonds is 5. The molecule has 1 N–H and O–H groups in total. The maximum absolute atomic E-state index is 12.3. The molecule has 1 amide bonds. The number of aryl methyl sites for hydroxylation is 1. The number of hydrogen-bond acceptors (Lipinski definition) is 7. The molecule has 3 rings (SSSR count). The van der Waals surface area contributed by atoms with Gasteiger partial charge in [0.15, 0.2) is 5.16 Å². The number of carbonyl (C=O) groups excluding carboxylic acids is 1. The van der Waals surface area contributed by atoms with Gasteiger partial charge in [-0.1, -0.05) is 51.2 Å². The Balaban J connectivity index is 1.64. The lowest BCUT2D eigenvalue weighted by Gasteiger charge is -2.08. The lowest BCUT2D eigenvalue weighted by Crippen LogP contribution is -2.22. The summed E-state index contributed by atoms with van der Waals surface area (Å²) in [7, 11) is 1.84. The summed E-state index contributed by atoms with van der Waals surface area (Å²) >= 11 is 6.07. The van der Waals surface area contributed by atoms with E-state index in [1.165, 1.54) is 23.1 Å². The number of halogens is 1. The number of thioether (sulfide) groups is 1. The number of aromatic nitrogens is 5. The van der Waals surface area contributed by atoms with Crippen molar-refractivity contribution in [2.24, 2.45) is 7.05 Å². The van der Waals surface area contributed by atoms with Crippen molar-refractivity contribution in [1.29, 1.82) is 0 Å². The van der Waals surface area contributed by atoms with Crippen LogP contribution in [0.3, 0.4) is 0 Å². The zero-order valence-electron chi connectivity index (χ0n) is 12.8. The van der Waals surface area contributed by atoms with Gasteiger partial charge in [0.25, 0.3) is 0 Å². The number of nitrogens with one attached hydrogen (secondary N) is 1. The fourth-order valence-electron chi connectivity index (χ4n) is 1.78. The van der Waals surface area contributed by atoms with Crippen LogP contribution in [0, 0.1) is 0 Å². The molecule has 0 spiro atoms. The van der Waals surface area contributed by atoms with Crippen LogP contribution >= 0.6 is 39.0 Å². The van der Waals surface area contributed by atoms with Crippen molar-refractivity contribution in [3.8, 4) is 10.6 Å². The summed E-state index contributed by atoms with van der Waals surface area (Å²) in [4.78, 5) is 12.3. The first-order valence-corrected chi connectivity index (χ1v) is 9.43. The van der Waals surface area contributed by atoms with E-state index in [9.17, 15) is 4.79 Å². The molecule has 10 heteroatoms. The Labute approximate surface area is 155 Å². The Bertz CT molecular complexity index is 847. The highest BCUT2D eigenvalue weighted by Crippen LogP contribution is 2.28. The first kappa shape index (κ1) is 17.1. The fraction of sp³-hybridized carbons (Fsp3) is 0.214. The van der Waals surface area contributed by atoms with E-state index in [0.717, 1.165) is 15.0 Å². The zero-order chi connectivity index (χ0) is 17.1. The Morgan fingerprint density at radius 3 is 2.71 bits per heavy atom. The zero-order valence-corrected chi connectivity index (χ0v) is 16.0. The standard InChI is InChI=1S/C14H13BrN6OS2/c1-8(23-14-20-16-7-21(14)2)11(22)17-13-19-18-12(24-13)9-3-5-10(15)6-4-9/h3-8H,1-2H3,(H,17,19,22). The van der Waals surface area contributed by atoms with Crippen molar-refractivity contribution in [3.05, 3.63) is 35.1 Å². The molecule has 1 atom stereocenters. The van der Waals surface area contributed by atoms with Crippen LogP contribution in [0.25, 0.3) is 10.6 Å². The van der Waals surface area contributed by atoms with Gasteiger partial charge in [-0.3, -0.25) is 10.1 Å². The molecule has 0 aliphatic rings. The summed E-state index contributed by atoms with van der Waals surface area (Å²) in [6, 6.07) is 7.77. The number of amides is 1. The average molecular weight is 425 g/mol. The summed E-state index contributed by atoms with van der Waals surface area (Å²) in [6.45, 7) is 1.81. The minimum Gasteiger partial charge on any atom is -0.312 e. The number of nitrogens with zero attached hydrogens (tertiary/aromatic N) is 5. The van der Waals surface area contributed by atoms with Gasteiger partial charge in [-0.05, 0) is 19.1 Å². The third kappa shape index (κ3) is 4.00. The molecular weight excluding hydrogens is 412 g/mol. The van der Waals surface area contributed by atoms with E-state index >= 15 is 0 Å². The van der Waals surface area contributed by atoms with Crippen LogP contribution in [0.1, 0.15) is 6.92 Å². The van der Waals surface area contributed by atoms with E-state index < -0.39 is 0 Å². The summed E-state index contributed by atoms with van der Waals surface area (Å²) in [5, 5.41) is 20.3. The largest absolute Gasteiger partial charge is 0.312 e. The van der Waals surface area contributed by atoms with Crippen molar-refractivity contribution in [1.82, 2.24) is 25.0 Å². The van der Waals surface area contributed by atoms with E-state index in [4.69, 9.17) is 0 Å². The Kier molecular flexibility index (Phi) is 5.27. The van der Waals surface area contributed by atoms with Crippen LogP contribution in [0.2, 0.25) is 0 Å². The van der Waals surface area contributed by atoms with Crippen LogP contribution in [-0.4, -0.2) is 36.1 Å². The molecule has 24 heavy (non-hydrogen) atoms. The van der Waals surface area contributed by atoms with Gasteiger partial charge in [0.1, 0.15) is 11.3 Å². The van der Waals surface area contributed by atoms with Crippen LogP contribution in [0.5, 0.6) is 0 Å². The monoisotopic (exact) mass is 424 g/mol. The Hall–Kier alpha value is -1.78. The average Bonchev–Trinajstić information content (AvgIpc) is 3.18. The highest BCUT2D eigenvalue weighted by Gasteiger charge is 2.19. The number of anilines is 1. The number of benzene rings is 1. The molecule has 0 fully saturated rings. The predicted octanol–water partition coefficient (Wildman–Crippen LogP) is 3.22. The van der Waals surface area contributed by atoms with Crippen molar-refractivity contribution in [3.63, 3.8) is 0 Å². The van der Waals surface area contributed by atoms with Crippen LogP contribution in [0.4, 0.5) is 5.13 Å². The van der Waals surface area contributed by atoms with Crippen LogP contribution in [-0.2, 0) is 11.8 Å². The minimum absolute atomic E-state index is 0.151. The van der Waals surface area contributed by atoms with Crippen molar-refractivity contribution < 1.29 is 4.79 Å². The van der Waals surface area contributed by atoms with Gasteiger partial charge in [-0.2, -0.15) is 0 Å². The lowest BCUT2D eigenvalue weighted by atomic mass is 10.2. The molecule has 1 aromatic carbocycles. The second kappa shape index (κ2) is 7.41. The molecule has 0 aliphatic heterocycles.